The number of nitrogens with two attached hydrogens (primary N) is 1. The van der Waals surface area contributed by atoms with E-state index in [9.17, 15) is 23.1 Å². The molecule has 8 nitrogen and oxygen atoms in total. The number of amides is 1. The molecule has 0 spiro atoms. The lowest BCUT2D eigenvalue weighted by Gasteiger charge is -2.15. The van der Waals surface area contributed by atoms with Gasteiger partial charge >= 0.3 is 5.97 Å². The predicted octanol–water partition coefficient (Wildman–Crippen LogP) is 0.155. The summed E-state index contributed by atoms with van der Waals surface area (Å²) >= 11 is 0. The molecule has 0 aliphatic carbocycles. The average molecular weight is 349 g/mol. The Morgan fingerprint density at radius 2 is 1.71 bits per heavy atom. The third-order valence-corrected chi connectivity index (χ3v) is 4.72. The number of carboxylic acids is 1. The van der Waals surface area contributed by atoms with Crippen molar-refractivity contribution < 1.29 is 23.1 Å². The number of pyridine rings is 1. The molecule has 126 valence electrons. The Morgan fingerprint density at radius 1 is 1.12 bits per heavy atom. The first-order valence-corrected chi connectivity index (χ1v) is 8.32. The largest absolute Gasteiger partial charge is 0.480 e. The van der Waals surface area contributed by atoms with E-state index in [1.54, 1.807) is 12.1 Å². The molecule has 2 aromatic rings. The SMILES string of the molecule is NC(=O)c1ccc(S(=O)(=O)NC(Cc2ccncc2)C(=O)O)cc1. The summed E-state index contributed by atoms with van der Waals surface area (Å²) in [5.74, 6) is -1.99. The van der Waals surface area contributed by atoms with Crippen molar-refractivity contribution in [2.75, 3.05) is 0 Å². The number of sulfonamides is 1. The molecule has 1 aromatic heterocycles. The molecular formula is C15H15N3O5S. The minimum absolute atomic E-state index is 0.0313. The van der Waals surface area contributed by atoms with E-state index in [1.165, 1.54) is 36.7 Å². The summed E-state index contributed by atoms with van der Waals surface area (Å²) in [4.78, 5) is 26.0. The lowest BCUT2D eigenvalue weighted by atomic mass is 10.1. The van der Waals surface area contributed by atoms with Crippen LogP contribution < -0.4 is 10.5 Å². The molecule has 1 unspecified atom stereocenters. The molecule has 0 fully saturated rings. The number of rotatable bonds is 7. The zero-order valence-corrected chi connectivity index (χ0v) is 13.2. The molecule has 2 rings (SSSR count). The Balaban J connectivity index is 2.21. The zero-order valence-electron chi connectivity index (χ0n) is 12.4. The fraction of sp³-hybridized carbons (Fsp3) is 0.133. The Morgan fingerprint density at radius 3 is 2.21 bits per heavy atom. The predicted molar refractivity (Wildman–Crippen MR) is 84.6 cm³/mol. The average Bonchev–Trinajstić information content (AvgIpc) is 2.55. The van der Waals surface area contributed by atoms with Gasteiger partial charge in [0.1, 0.15) is 6.04 Å². The second-order valence-corrected chi connectivity index (χ2v) is 6.67. The number of nitrogens with zero attached hydrogens (tertiary/aromatic N) is 1. The summed E-state index contributed by atoms with van der Waals surface area (Å²) in [5.41, 5.74) is 5.87. The van der Waals surface area contributed by atoms with E-state index in [4.69, 9.17) is 5.73 Å². The van der Waals surface area contributed by atoms with Gasteiger partial charge in [0, 0.05) is 18.0 Å². The van der Waals surface area contributed by atoms with Crippen LogP contribution in [-0.2, 0) is 21.2 Å². The topological polar surface area (TPSA) is 139 Å². The Bertz CT molecular complexity index is 835. The summed E-state index contributed by atoms with van der Waals surface area (Å²) in [6.45, 7) is 0. The minimum Gasteiger partial charge on any atom is -0.480 e. The highest BCUT2D eigenvalue weighted by atomic mass is 32.2. The van der Waals surface area contributed by atoms with Crippen molar-refractivity contribution in [2.45, 2.75) is 17.4 Å². The normalized spacial score (nSPS) is 12.5. The van der Waals surface area contributed by atoms with Gasteiger partial charge in [0.25, 0.3) is 0 Å². The molecule has 0 bridgehead atoms. The van der Waals surface area contributed by atoms with Crippen molar-refractivity contribution in [3.63, 3.8) is 0 Å². The van der Waals surface area contributed by atoms with Gasteiger partial charge in [-0.1, -0.05) is 0 Å². The number of hydrogen-bond acceptors (Lipinski definition) is 5. The van der Waals surface area contributed by atoms with E-state index in [2.05, 4.69) is 9.71 Å². The summed E-state index contributed by atoms with van der Waals surface area (Å²) < 4.78 is 26.8. The second kappa shape index (κ2) is 7.20. The van der Waals surface area contributed by atoms with Crippen LogP contribution in [0.4, 0.5) is 0 Å². The molecule has 1 atom stereocenters. The van der Waals surface area contributed by atoms with Gasteiger partial charge in [0.2, 0.25) is 15.9 Å². The summed E-state index contributed by atoms with van der Waals surface area (Å²) in [6, 6.07) is 6.76. The molecule has 24 heavy (non-hydrogen) atoms. The van der Waals surface area contributed by atoms with Gasteiger partial charge in [-0.2, -0.15) is 4.72 Å². The monoisotopic (exact) mass is 349 g/mol. The maximum absolute atomic E-state index is 12.3. The van der Waals surface area contributed by atoms with Crippen LogP contribution in [0.25, 0.3) is 0 Å². The lowest BCUT2D eigenvalue weighted by Crippen LogP contribution is -2.42. The lowest BCUT2D eigenvalue weighted by molar-refractivity contribution is -0.138. The van der Waals surface area contributed by atoms with Crippen molar-refractivity contribution in [3.8, 4) is 0 Å². The van der Waals surface area contributed by atoms with Crippen LogP contribution in [0.15, 0.2) is 53.7 Å². The highest BCUT2D eigenvalue weighted by Crippen LogP contribution is 2.12. The van der Waals surface area contributed by atoms with Gasteiger partial charge in [-0.05, 0) is 48.4 Å². The van der Waals surface area contributed by atoms with Gasteiger partial charge < -0.3 is 10.8 Å². The first-order valence-electron chi connectivity index (χ1n) is 6.83. The molecule has 1 aromatic carbocycles. The molecule has 1 amide bonds. The van der Waals surface area contributed by atoms with Crippen LogP contribution in [-0.4, -0.2) is 36.4 Å². The van der Waals surface area contributed by atoms with E-state index in [0.717, 1.165) is 0 Å². The number of nitrogens with one attached hydrogen (secondary N) is 1. The summed E-state index contributed by atoms with van der Waals surface area (Å²) in [6.07, 6.45) is 2.95. The molecule has 9 heteroatoms. The minimum atomic E-state index is -4.07. The molecule has 0 aliphatic heterocycles. The molecular weight excluding hydrogens is 334 g/mol. The third-order valence-electron chi connectivity index (χ3n) is 3.23. The maximum atomic E-state index is 12.3. The Labute approximate surface area is 138 Å². The van der Waals surface area contributed by atoms with Crippen LogP contribution in [0.1, 0.15) is 15.9 Å². The van der Waals surface area contributed by atoms with Crippen LogP contribution in [0, 0.1) is 0 Å². The Hall–Kier alpha value is -2.78. The zero-order chi connectivity index (χ0) is 17.7. The van der Waals surface area contributed by atoms with Crippen LogP contribution in [0.3, 0.4) is 0 Å². The quantitative estimate of drug-likeness (QED) is 0.650. The number of carbonyl (C=O) groups is 2. The third kappa shape index (κ3) is 4.37. The summed E-state index contributed by atoms with van der Waals surface area (Å²) in [5, 5.41) is 9.26. The van der Waals surface area contributed by atoms with Gasteiger partial charge in [-0.3, -0.25) is 14.6 Å². The maximum Gasteiger partial charge on any atom is 0.322 e. The number of primary amides is 1. The summed E-state index contributed by atoms with van der Waals surface area (Å²) in [7, 11) is -4.07. The van der Waals surface area contributed by atoms with Gasteiger partial charge in [0.05, 0.1) is 4.90 Å². The molecule has 0 saturated heterocycles. The van der Waals surface area contributed by atoms with E-state index in [0.29, 0.717) is 5.56 Å². The number of aliphatic carboxylic acids is 1. The van der Waals surface area contributed by atoms with Crippen LogP contribution in [0.5, 0.6) is 0 Å². The van der Waals surface area contributed by atoms with Crippen LogP contribution >= 0.6 is 0 Å². The standard InChI is InChI=1S/C15H15N3O5S/c16-14(19)11-1-3-12(4-2-11)24(22,23)18-13(15(20)21)9-10-5-7-17-8-6-10/h1-8,13,18H,9H2,(H2,16,19)(H,20,21). The van der Waals surface area contributed by atoms with Crippen molar-refractivity contribution in [1.29, 1.82) is 0 Å². The first kappa shape index (κ1) is 17.6. The van der Waals surface area contributed by atoms with E-state index < -0.39 is 27.9 Å². The first-order chi connectivity index (χ1) is 11.3. The van der Waals surface area contributed by atoms with Gasteiger partial charge in [0.15, 0.2) is 0 Å². The molecule has 0 saturated carbocycles. The molecule has 4 N–H and O–H groups in total. The molecule has 1 heterocycles. The Kier molecular flexibility index (Phi) is 5.27. The van der Waals surface area contributed by atoms with E-state index in [1.807, 2.05) is 0 Å². The van der Waals surface area contributed by atoms with Gasteiger partial charge in [-0.25, -0.2) is 8.42 Å². The number of aromatic nitrogens is 1. The number of carbonyl (C=O) groups excluding carboxylic acids is 1. The highest BCUT2D eigenvalue weighted by Gasteiger charge is 2.25. The highest BCUT2D eigenvalue weighted by molar-refractivity contribution is 7.89. The van der Waals surface area contributed by atoms with Crippen molar-refractivity contribution >= 4 is 21.9 Å². The van der Waals surface area contributed by atoms with Crippen molar-refractivity contribution in [1.82, 2.24) is 9.71 Å². The van der Waals surface area contributed by atoms with Gasteiger partial charge in [-0.15, -0.1) is 0 Å². The van der Waals surface area contributed by atoms with Crippen LogP contribution in [0.2, 0.25) is 0 Å². The fourth-order valence-corrected chi connectivity index (χ4v) is 3.18. The second-order valence-electron chi connectivity index (χ2n) is 4.96. The van der Waals surface area contributed by atoms with E-state index in [-0.39, 0.29) is 16.9 Å². The number of benzene rings is 1. The van der Waals surface area contributed by atoms with Crippen molar-refractivity contribution in [3.05, 3.63) is 59.9 Å². The fourth-order valence-electron chi connectivity index (χ4n) is 1.99. The number of hydrogen-bond donors (Lipinski definition) is 3. The smallest absolute Gasteiger partial charge is 0.322 e. The van der Waals surface area contributed by atoms with Crippen molar-refractivity contribution in [2.24, 2.45) is 5.73 Å². The van der Waals surface area contributed by atoms with E-state index >= 15 is 0 Å². The molecule has 0 aliphatic rings. The number of carboxylic acid groups (broad SMARTS) is 1. The molecule has 0 radical (unpaired) electrons.